The summed E-state index contributed by atoms with van der Waals surface area (Å²) in [6, 6.07) is 6.48. The van der Waals surface area contributed by atoms with Crippen molar-refractivity contribution in [2.24, 2.45) is 10.9 Å². The zero-order chi connectivity index (χ0) is 23.4. The number of hydrogen-bond acceptors (Lipinski definition) is 4. The van der Waals surface area contributed by atoms with Crippen molar-refractivity contribution in [3.8, 4) is 0 Å². The van der Waals surface area contributed by atoms with Crippen LogP contribution in [-0.2, 0) is 9.59 Å². The molecule has 1 aromatic rings. The first-order valence-electron chi connectivity index (χ1n) is 11.2. The van der Waals surface area contributed by atoms with Gasteiger partial charge in [0.1, 0.15) is 11.7 Å². The normalized spacial score (nSPS) is 20.5. The molecular formula is C24H26BrFN4O2S. The predicted octanol–water partition coefficient (Wildman–Crippen LogP) is 4.07. The van der Waals surface area contributed by atoms with Crippen LogP contribution >= 0.6 is 28.1 Å². The number of aliphatic imine (C=N–C) groups is 1. The Kier molecular flexibility index (Phi) is 7.70. The highest BCUT2D eigenvalue weighted by Gasteiger charge is 2.34. The molecule has 2 heterocycles. The Morgan fingerprint density at radius 3 is 2.55 bits per heavy atom. The second-order valence-electron chi connectivity index (χ2n) is 8.33. The van der Waals surface area contributed by atoms with Gasteiger partial charge in [0.05, 0.1) is 5.71 Å². The average Bonchev–Trinajstić information content (AvgIpc) is 2.82. The monoisotopic (exact) mass is 532 g/mol. The Balaban J connectivity index is 1.16. The Hall–Kier alpha value is -2.39. The van der Waals surface area contributed by atoms with E-state index < -0.39 is 0 Å². The van der Waals surface area contributed by atoms with Crippen molar-refractivity contribution >= 4 is 56.5 Å². The van der Waals surface area contributed by atoms with Gasteiger partial charge >= 0.3 is 0 Å². The molecule has 0 radical (unpaired) electrons. The van der Waals surface area contributed by atoms with Crippen molar-refractivity contribution in [3.05, 3.63) is 52.8 Å². The van der Waals surface area contributed by atoms with Gasteiger partial charge in [-0.1, -0.05) is 28.4 Å². The number of thiocarbonyl (C=S) groups is 1. The topological polar surface area (TPSA) is 56.2 Å². The molecule has 1 aliphatic carbocycles. The largest absolute Gasteiger partial charge is 0.368 e. The van der Waals surface area contributed by atoms with Gasteiger partial charge in [-0.05, 0) is 61.5 Å². The molecule has 2 amide bonds. The molecule has 3 aliphatic rings. The van der Waals surface area contributed by atoms with Crippen LogP contribution < -0.4 is 4.90 Å². The lowest BCUT2D eigenvalue weighted by molar-refractivity contribution is -0.132. The van der Waals surface area contributed by atoms with Crippen LogP contribution in [0.4, 0.5) is 10.1 Å². The van der Waals surface area contributed by atoms with Crippen molar-refractivity contribution in [3.63, 3.8) is 0 Å². The predicted molar refractivity (Wildman–Crippen MR) is 135 cm³/mol. The smallest absolute Gasteiger partial charge is 0.241 e. The summed E-state index contributed by atoms with van der Waals surface area (Å²) in [6.45, 7) is 3.35. The van der Waals surface area contributed by atoms with E-state index in [0.29, 0.717) is 36.9 Å². The third-order valence-electron chi connectivity index (χ3n) is 6.14. The van der Waals surface area contributed by atoms with Gasteiger partial charge in [0.2, 0.25) is 16.9 Å². The van der Waals surface area contributed by atoms with Crippen molar-refractivity contribution in [2.45, 2.75) is 25.7 Å². The molecule has 0 saturated carbocycles. The molecule has 6 nitrogen and oxygen atoms in total. The summed E-state index contributed by atoms with van der Waals surface area (Å²) < 4.78 is 14.0. The number of hydrogen-bond donors (Lipinski definition) is 0. The minimum Gasteiger partial charge on any atom is -0.368 e. The van der Waals surface area contributed by atoms with E-state index >= 15 is 0 Å². The molecular weight excluding hydrogens is 507 g/mol. The Morgan fingerprint density at radius 1 is 1.09 bits per heavy atom. The van der Waals surface area contributed by atoms with E-state index in [4.69, 9.17) is 12.2 Å². The number of fused-ring (bicyclic) bond motifs is 1. The van der Waals surface area contributed by atoms with Gasteiger partial charge in [-0.25, -0.2) is 9.38 Å². The fourth-order valence-electron chi connectivity index (χ4n) is 4.26. The third-order valence-corrected chi connectivity index (χ3v) is 6.98. The first kappa shape index (κ1) is 23.8. The number of nitrogens with zero attached hydrogens (tertiary/aromatic N) is 4. The third kappa shape index (κ3) is 5.76. The highest BCUT2D eigenvalue weighted by atomic mass is 79.9. The molecule has 33 heavy (non-hydrogen) atoms. The maximum absolute atomic E-state index is 13.1. The van der Waals surface area contributed by atoms with E-state index in [1.165, 1.54) is 12.1 Å². The Bertz CT molecular complexity index is 1020. The highest BCUT2D eigenvalue weighted by molar-refractivity contribution is 9.11. The lowest BCUT2D eigenvalue weighted by Crippen LogP contribution is -2.48. The summed E-state index contributed by atoms with van der Waals surface area (Å²) in [5.41, 5.74) is 1.67. The molecule has 1 atom stereocenters. The molecule has 1 unspecified atom stereocenters. The standard InChI is InChI=1S/C24H26BrFN4O2S/c25-17-5-10-21-20(16-17)23(32)30(24(33)27-21)11-3-1-2-4-22(31)29-14-12-28(13-15-29)19-8-6-18(26)7-9-19/h5-10,16,20H,1-4,11-15H2. The van der Waals surface area contributed by atoms with Crippen LogP contribution in [0.25, 0.3) is 0 Å². The quantitative estimate of drug-likeness (QED) is 0.392. The van der Waals surface area contributed by atoms with Gasteiger partial charge in [0.15, 0.2) is 0 Å². The molecule has 174 valence electrons. The fraction of sp³-hybridized carbons (Fsp3) is 0.417. The summed E-state index contributed by atoms with van der Waals surface area (Å²) >= 11 is 8.74. The lowest BCUT2D eigenvalue weighted by atomic mass is 9.95. The van der Waals surface area contributed by atoms with Crippen LogP contribution in [0.3, 0.4) is 0 Å². The number of anilines is 1. The fourth-order valence-corrected chi connectivity index (χ4v) is 4.94. The zero-order valence-corrected chi connectivity index (χ0v) is 20.7. The second-order valence-corrected chi connectivity index (χ2v) is 9.61. The van der Waals surface area contributed by atoms with Gasteiger partial charge in [-0.2, -0.15) is 0 Å². The summed E-state index contributed by atoms with van der Waals surface area (Å²) in [4.78, 5) is 35.5. The minimum atomic E-state index is -0.383. The number of amides is 2. The van der Waals surface area contributed by atoms with Crippen LogP contribution in [0, 0.1) is 11.7 Å². The van der Waals surface area contributed by atoms with Gasteiger partial charge in [0, 0.05) is 49.3 Å². The van der Waals surface area contributed by atoms with Gasteiger partial charge in [-0.3, -0.25) is 14.5 Å². The summed E-state index contributed by atoms with van der Waals surface area (Å²) in [6.07, 6.45) is 8.43. The summed E-state index contributed by atoms with van der Waals surface area (Å²) in [5, 5.41) is 0.317. The van der Waals surface area contributed by atoms with E-state index in [-0.39, 0.29) is 23.5 Å². The van der Waals surface area contributed by atoms with Crippen molar-refractivity contribution in [2.75, 3.05) is 37.6 Å². The number of allylic oxidation sites excluding steroid dienone is 3. The van der Waals surface area contributed by atoms with Gasteiger partial charge < -0.3 is 9.80 Å². The maximum Gasteiger partial charge on any atom is 0.241 e. The van der Waals surface area contributed by atoms with Crippen LogP contribution in [0.2, 0.25) is 0 Å². The molecule has 4 rings (SSSR count). The van der Waals surface area contributed by atoms with Crippen LogP contribution in [-0.4, -0.2) is 65.2 Å². The second kappa shape index (κ2) is 10.7. The van der Waals surface area contributed by atoms with E-state index in [2.05, 4.69) is 25.8 Å². The van der Waals surface area contributed by atoms with Crippen LogP contribution in [0.15, 0.2) is 52.0 Å². The number of carbonyl (C=O) groups excluding carboxylic acids is 2. The number of rotatable bonds is 7. The molecule has 0 bridgehead atoms. The van der Waals surface area contributed by atoms with Crippen LogP contribution in [0.1, 0.15) is 25.7 Å². The molecule has 1 saturated heterocycles. The highest BCUT2D eigenvalue weighted by Crippen LogP contribution is 2.25. The summed E-state index contributed by atoms with van der Waals surface area (Å²) in [5.74, 6) is -0.503. The summed E-state index contributed by atoms with van der Waals surface area (Å²) in [7, 11) is 0. The van der Waals surface area contributed by atoms with Crippen molar-refractivity contribution < 1.29 is 14.0 Å². The first-order valence-corrected chi connectivity index (χ1v) is 12.4. The number of carbonyl (C=O) groups is 2. The molecule has 0 spiro atoms. The molecule has 0 N–H and O–H groups in total. The maximum atomic E-state index is 13.1. The van der Waals surface area contributed by atoms with E-state index in [1.54, 1.807) is 17.0 Å². The molecule has 9 heteroatoms. The zero-order valence-electron chi connectivity index (χ0n) is 18.3. The average molecular weight is 533 g/mol. The first-order chi connectivity index (χ1) is 15.9. The Morgan fingerprint density at radius 2 is 1.82 bits per heavy atom. The minimum absolute atomic E-state index is 0.0404. The lowest BCUT2D eigenvalue weighted by Gasteiger charge is -2.36. The van der Waals surface area contributed by atoms with E-state index in [9.17, 15) is 14.0 Å². The Labute approximate surface area is 206 Å². The van der Waals surface area contributed by atoms with Gasteiger partial charge in [0.25, 0.3) is 0 Å². The SMILES string of the molecule is O=C(CCCCCN1C(=O)C2C=C(Br)C=CC2=NC1=S)N1CCN(c2ccc(F)cc2)CC1. The van der Waals surface area contributed by atoms with Gasteiger partial charge in [-0.15, -0.1) is 0 Å². The molecule has 1 fully saturated rings. The molecule has 1 aromatic carbocycles. The van der Waals surface area contributed by atoms with Crippen LogP contribution in [0.5, 0.6) is 0 Å². The number of halogens is 2. The van der Waals surface area contributed by atoms with Crippen molar-refractivity contribution in [1.29, 1.82) is 0 Å². The van der Waals surface area contributed by atoms with E-state index in [1.807, 2.05) is 23.1 Å². The number of unbranched alkanes of at least 4 members (excludes halogenated alkanes) is 2. The molecule has 2 aliphatic heterocycles. The number of benzene rings is 1. The number of piperazine rings is 1. The molecule has 0 aromatic heterocycles. The van der Waals surface area contributed by atoms with E-state index in [0.717, 1.165) is 42.5 Å². The van der Waals surface area contributed by atoms with Crippen molar-refractivity contribution in [1.82, 2.24) is 9.80 Å².